The summed E-state index contributed by atoms with van der Waals surface area (Å²) in [6.45, 7) is 0. The van der Waals surface area contributed by atoms with Gasteiger partial charge in [0.2, 0.25) is 0 Å². The maximum Gasteiger partial charge on any atom is 0.274 e. The van der Waals surface area contributed by atoms with Crippen molar-refractivity contribution < 1.29 is 9.18 Å². The number of carbonyl (C=O) groups excluding carboxylic acids is 1. The van der Waals surface area contributed by atoms with Crippen LogP contribution in [0.15, 0.2) is 41.0 Å². The first-order chi connectivity index (χ1) is 9.10. The van der Waals surface area contributed by atoms with Crippen molar-refractivity contribution in [3.8, 4) is 0 Å². The summed E-state index contributed by atoms with van der Waals surface area (Å²) in [4.78, 5) is 15.8. The van der Waals surface area contributed by atoms with Crippen LogP contribution in [0.4, 0.5) is 15.8 Å². The predicted octanol–water partition coefficient (Wildman–Crippen LogP) is 2.52. The Hall–Kier alpha value is -1.99. The molecular weight excluding hydrogens is 315 g/mol. The van der Waals surface area contributed by atoms with Crippen molar-refractivity contribution >= 4 is 33.2 Å². The highest BCUT2D eigenvalue weighted by molar-refractivity contribution is 9.10. The van der Waals surface area contributed by atoms with Crippen LogP contribution in [0.25, 0.3) is 0 Å². The number of halogens is 2. The third-order valence-electron chi connectivity index (χ3n) is 2.34. The number of nitrogens with one attached hydrogen (secondary N) is 2. The van der Waals surface area contributed by atoms with Crippen LogP contribution in [0.1, 0.15) is 10.5 Å². The summed E-state index contributed by atoms with van der Waals surface area (Å²) in [5.74, 6) is 4.17. The quantitative estimate of drug-likeness (QED) is 0.598. The molecule has 98 valence electrons. The van der Waals surface area contributed by atoms with Gasteiger partial charge in [0.1, 0.15) is 11.5 Å². The summed E-state index contributed by atoms with van der Waals surface area (Å²) in [6, 6.07) is 7.45. The number of hydrogen-bond donors (Lipinski definition) is 3. The van der Waals surface area contributed by atoms with Crippen LogP contribution in [0.2, 0.25) is 0 Å². The molecule has 7 heteroatoms. The number of carbonyl (C=O) groups is 1. The van der Waals surface area contributed by atoms with Gasteiger partial charge in [0.15, 0.2) is 0 Å². The van der Waals surface area contributed by atoms with Gasteiger partial charge >= 0.3 is 0 Å². The molecule has 0 radical (unpaired) electrons. The van der Waals surface area contributed by atoms with Gasteiger partial charge in [-0.25, -0.2) is 9.37 Å². The van der Waals surface area contributed by atoms with Crippen molar-refractivity contribution in [2.75, 3.05) is 10.7 Å². The third kappa shape index (κ3) is 3.27. The highest BCUT2D eigenvalue weighted by atomic mass is 79.9. The Labute approximate surface area is 117 Å². The Kier molecular flexibility index (Phi) is 4.08. The lowest BCUT2D eigenvalue weighted by Crippen LogP contribution is -2.15. The van der Waals surface area contributed by atoms with Crippen LogP contribution in [0, 0.1) is 5.82 Å². The zero-order valence-corrected chi connectivity index (χ0v) is 11.2. The fourth-order valence-corrected chi connectivity index (χ4v) is 1.72. The van der Waals surface area contributed by atoms with Crippen molar-refractivity contribution in [1.82, 2.24) is 4.98 Å². The van der Waals surface area contributed by atoms with Gasteiger partial charge in [-0.2, -0.15) is 0 Å². The van der Waals surface area contributed by atoms with Gasteiger partial charge in [-0.3, -0.25) is 10.6 Å². The van der Waals surface area contributed by atoms with Gasteiger partial charge in [-0.1, -0.05) is 15.9 Å². The van der Waals surface area contributed by atoms with E-state index in [0.29, 0.717) is 10.2 Å². The minimum Gasteiger partial charge on any atom is -0.323 e. The van der Waals surface area contributed by atoms with Crippen molar-refractivity contribution in [2.24, 2.45) is 5.84 Å². The predicted molar refractivity (Wildman–Crippen MR) is 74.1 cm³/mol. The van der Waals surface area contributed by atoms with Gasteiger partial charge in [0, 0.05) is 4.47 Å². The second kappa shape index (κ2) is 5.77. The zero-order valence-electron chi connectivity index (χ0n) is 9.65. The Morgan fingerprint density at radius 3 is 2.68 bits per heavy atom. The van der Waals surface area contributed by atoms with Gasteiger partial charge in [0.25, 0.3) is 5.91 Å². The second-order valence-electron chi connectivity index (χ2n) is 3.65. The summed E-state index contributed by atoms with van der Waals surface area (Å²) >= 11 is 3.14. The van der Waals surface area contributed by atoms with Gasteiger partial charge < -0.3 is 10.7 Å². The van der Waals surface area contributed by atoms with E-state index in [-0.39, 0.29) is 11.4 Å². The van der Waals surface area contributed by atoms with Gasteiger partial charge in [-0.05, 0) is 30.3 Å². The Bertz CT molecular complexity index is 603. The number of hydrogen-bond acceptors (Lipinski definition) is 4. The molecular formula is C12H10BrFN4O. The minimum atomic E-state index is -0.525. The van der Waals surface area contributed by atoms with E-state index in [1.807, 2.05) is 0 Å². The SMILES string of the molecule is NNc1ccc(C(=O)Nc2ccc(Br)cc2F)nc1. The first-order valence-electron chi connectivity index (χ1n) is 5.29. The number of amides is 1. The number of aromatic nitrogens is 1. The maximum absolute atomic E-state index is 13.6. The van der Waals surface area contributed by atoms with Gasteiger partial charge in [0.05, 0.1) is 17.6 Å². The maximum atomic E-state index is 13.6. The fraction of sp³-hybridized carbons (Fsp3) is 0. The Morgan fingerprint density at radius 2 is 2.11 bits per heavy atom. The van der Waals surface area contributed by atoms with Crippen LogP contribution in [0.5, 0.6) is 0 Å². The standard InChI is InChI=1S/C12H10BrFN4O/c13-7-1-3-10(9(14)5-7)17-12(19)11-4-2-8(18-15)6-16-11/h1-6,18H,15H2,(H,17,19). The van der Waals surface area contributed by atoms with E-state index < -0.39 is 11.7 Å². The lowest BCUT2D eigenvalue weighted by Gasteiger charge is -2.06. The molecule has 0 bridgehead atoms. The highest BCUT2D eigenvalue weighted by Crippen LogP contribution is 2.19. The molecule has 0 aliphatic rings. The van der Waals surface area contributed by atoms with Crippen molar-refractivity contribution in [1.29, 1.82) is 0 Å². The number of pyridine rings is 1. The molecule has 4 N–H and O–H groups in total. The summed E-state index contributed by atoms with van der Waals surface area (Å²) in [7, 11) is 0. The van der Waals surface area contributed by atoms with E-state index >= 15 is 0 Å². The van der Waals surface area contributed by atoms with E-state index in [1.165, 1.54) is 24.4 Å². The summed E-state index contributed by atoms with van der Waals surface area (Å²) < 4.78 is 14.2. The molecule has 0 unspecified atom stereocenters. The average Bonchev–Trinajstić information content (AvgIpc) is 2.42. The lowest BCUT2D eigenvalue weighted by atomic mass is 10.2. The number of nitrogens with two attached hydrogens (primary N) is 1. The number of nitrogens with zero attached hydrogens (tertiary/aromatic N) is 1. The molecule has 1 aromatic heterocycles. The molecule has 0 aliphatic carbocycles. The van der Waals surface area contributed by atoms with Crippen LogP contribution in [-0.4, -0.2) is 10.9 Å². The third-order valence-corrected chi connectivity index (χ3v) is 2.84. The fourth-order valence-electron chi connectivity index (χ4n) is 1.39. The summed E-state index contributed by atoms with van der Waals surface area (Å²) in [5, 5.41) is 2.44. The Balaban J connectivity index is 2.15. The second-order valence-corrected chi connectivity index (χ2v) is 4.57. The van der Waals surface area contributed by atoms with Crippen molar-refractivity contribution in [3.05, 3.63) is 52.5 Å². The summed E-state index contributed by atoms with van der Waals surface area (Å²) in [5.41, 5.74) is 3.24. The van der Waals surface area contributed by atoms with Crippen LogP contribution >= 0.6 is 15.9 Å². The molecule has 2 rings (SSSR count). The minimum absolute atomic E-state index is 0.0935. The molecule has 0 fully saturated rings. The average molecular weight is 325 g/mol. The van der Waals surface area contributed by atoms with Gasteiger partial charge in [-0.15, -0.1) is 0 Å². The monoisotopic (exact) mass is 324 g/mol. The zero-order chi connectivity index (χ0) is 13.8. The molecule has 19 heavy (non-hydrogen) atoms. The number of benzene rings is 1. The normalized spacial score (nSPS) is 10.1. The van der Waals surface area contributed by atoms with E-state index in [2.05, 4.69) is 31.7 Å². The van der Waals surface area contributed by atoms with Crippen molar-refractivity contribution in [2.45, 2.75) is 0 Å². The molecule has 1 amide bonds. The smallest absolute Gasteiger partial charge is 0.274 e. The number of nitrogen functional groups attached to an aromatic ring is 1. The van der Waals surface area contributed by atoms with E-state index in [9.17, 15) is 9.18 Å². The molecule has 1 heterocycles. The van der Waals surface area contributed by atoms with Crippen LogP contribution in [0.3, 0.4) is 0 Å². The number of anilines is 2. The molecule has 0 atom stereocenters. The lowest BCUT2D eigenvalue weighted by molar-refractivity contribution is 0.102. The van der Waals surface area contributed by atoms with E-state index in [0.717, 1.165) is 0 Å². The summed E-state index contributed by atoms with van der Waals surface area (Å²) in [6.07, 6.45) is 1.41. The highest BCUT2D eigenvalue weighted by Gasteiger charge is 2.10. The molecule has 2 aromatic rings. The Morgan fingerprint density at radius 1 is 1.32 bits per heavy atom. The topological polar surface area (TPSA) is 80.0 Å². The van der Waals surface area contributed by atoms with Crippen molar-refractivity contribution in [3.63, 3.8) is 0 Å². The first kappa shape index (κ1) is 13.4. The van der Waals surface area contributed by atoms with E-state index in [4.69, 9.17) is 5.84 Å². The first-order valence-corrected chi connectivity index (χ1v) is 6.08. The molecule has 1 aromatic carbocycles. The molecule has 0 spiro atoms. The number of hydrazine groups is 1. The number of rotatable bonds is 3. The molecule has 0 saturated carbocycles. The largest absolute Gasteiger partial charge is 0.323 e. The molecule has 5 nitrogen and oxygen atoms in total. The molecule has 0 saturated heterocycles. The van der Waals surface area contributed by atoms with Crippen LogP contribution in [-0.2, 0) is 0 Å². The van der Waals surface area contributed by atoms with Crippen LogP contribution < -0.4 is 16.6 Å². The molecule has 0 aliphatic heterocycles. The van der Waals surface area contributed by atoms with E-state index in [1.54, 1.807) is 12.1 Å².